The van der Waals surface area contributed by atoms with Gasteiger partial charge in [-0.15, -0.1) is 0 Å². The van der Waals surface area contributed by atoms with Crippen LogP contribution < -0.4 is 15.4 Å². The van der Waals surface area contributed by atoms with Gasteiger partial charge in [-0.05, 0) is 56.2 Å². The van der Waals surface area contributed by atoms with Crippen LogP contribution in [-0.2, 0) is 20.9 Å². The number of halogens is 3. The summed E-state index contributed by atoms with van der Waals surface area (Å²) >= 11 is 0. The van der Waals surface area contributed by atoms with Crippen molar-refractivity contribution in [1.82, 2.24) is 24.6 Å². The van der Waals surface area contributed by atoms with Crippen LogP contribution in [-0.4, -0.2) is 75.2 Å². The average Bonchev–Trinajstić information content (AvgIpc) is 3.70. The zero-order valence-corrected chi connectivity index (χ0v) is 27.7. The van der Waals surface area contributed by atoms with Gasteiger partial charge in [0.05, 0.1) is 18.0 Å². The molecule has 12 nitrogen and oxygen atoms in total. The number of hydrogen-bond acceptors (Lipinski definition) is 10. The second-order valence-corrected chi connectivity index (χ2v) is 12.5. The predicted molar refractivity (Wildman–Crippen MR) is 176 cm³/mol. The minimum atomic E-state index is -4.80. The van der Waals surface area contributed by atoms with Gasteiger partial charge >= 0.3 is 18.2 Å². The third kappa shape index (κ3) is 7.61. The molecule has 0 unspecified atom stereocenters. The zero-order valence-electron chi connectivity index (χ0n) is 27.7. The van der Waals surface area contributed by atoms with Crippen molar-refractivity contribution in [3.8, 4) is 11.6 Å². The number of nitrogens with two attached hydrogens (primary N) is 1. The maximum Gasteiger partial charge on any atom is 0.429 e. The molecule has 2 saturated heterocycles. The number of benzene rings is 2. The second kappa shape index (κ2) is 14.3. The Kier molecular flexibility index (Phi) is 9.84. The van der Waals surface area contributed by atoms with Crippen molar-refractivity contribution < 1.29 is 37.0 Å². The van der Waals surface area contributed by atoms with E-state index in [-0.39, 0.29) is 36.3 Å². The number of nitrogen functional groups attached to an aromatic ring is 1. The molecule has 0 aliphatic carbocycles. The fourth-order valence-electron chi connectivity index (χ4n) is 6.62. The average molecular weight is 694 g/mol. The molecule has 1 amide bonds. The Morgan fingerprint density at radius 2 is 1.74 bits per heavy atom. The molecule has 2 aromatic heterocycles. The quantitative estimate of drug-likeness (QED) is 0.214. The summed E-state index contributed by atoms with van der Waals surface area (Å²) in [5, 5.41) is 4.28. The Morgan fingerprint density at radius 3 is 2.42 bits per heavy atom. The van der Waals surface area contributed by atoms with Crippen molar-refractivity contribution >= 4 is 23.8 Å². The van der Waals surface area contributed by atoms with Crippen LogP contribution in [0, 0.1) is 12.3 Å². The monoisotopic (exact) mass is 693 g/mol. The SMILES string of the molecule is CCOC(=O)[C@@H]1CC2(CCN(c3cc(O[C@H](c4ccccc4-n4ccc(C)n4)C(F)(F)F)nc(N)n3)CC2)CN1C(=O)OCc1ccccc1. The minimum Gasteiger partial charge on any atom is -0.464 e. The number of piperidine rings is 1. The third-order valence-corrected chi connectivity index (χ3v) is 9.09. The number of alkyl halides is 3. The highest BCUT2D eigenvalue weighted by atomic mass is 19.4. The molecular weight excluding hydrogens is 655 g/mol. The van der Waals surface area contributed by atoms with Crippen molar-refractivity contribution in [2.24, 2.45) is 5.41 Å². The lowest BCUT2D eigenvalue weighted by Gasteiger charge is -2.39. The Morgan fingerprint density at radius 1 is 1.02 bits per heavy atom. The van der Waals surface area contributed by atoms with Crippen LogP contribution in [0.15, 0.2) is 72.9 Å². The molecule has 2 N–H and O–H groups in total. The molecule has 4 heterocycles. The number of likely N-dealkylation sites (tertiary alicyclic amines) is 1. The van der Waals surface area contributed by atoms with Gasteiger partial charge in [0.25, 0.3) is 0 Å². The van der Waals surface area contributed by atoms with Gasteiger partial charge in [-0.3, -0.25) is 4.90 Å². The summed E-state index contributed by atoms with van der Waals surface area (Å²) in [6.45, 7) is 4.85. The minimum absolute atomic E-state index is 0.0652. The van der Waals surface area contributed by atoms with E-state index in [1.54, 1.807) is 32.2 Å². The molecule has 6 rings (SSSR count). The maximum absolute atomic E-state index is 14.6. The van der Waals surface area contributed by atoms with Gasteiger partial charge in [0.2, 0.25) is 17.9 Å². The molecule has 2 aliphatic heterocycles. The van der Waals surface area contributed by atoms with E-state index in [4.69, 9.17) is 19.9 Å². The number of nitrogens with zero attached hydrogens (tertiary/aromatic N) is 6. The van der Waals surface area contributed by atoms with E-state index in [0.717, 1.165) is 5.56 Å². The molecule has 0 saturated carbocycles. The van der Waals surface area contributed by atoms with E-state index >= 15 is 0 Å². The normalized spacial score (nSPS) is 17.8. The van der Waals surface area contributed by atoms with Crippen molar-refractivity contribution in [2.45, 2.75) is 58.0 Å². The van der Waals surface area contributed by atoms with Gasteiger partial charge in [0.15, 0.2) is 0 Å². The predicted octanol–water partition coefficient (Wildman–Crippen LogP) is 5.80. The number of carbonyl (C=O) groups is 2. The highest BCUT2D eigenvalue weighted by Crippen LogP contribution is 2.45. The van der Waals surface area contributed by atoms with Crippen molar-refractivity contribution in [3.63, 3.8) is 0 Å². The number of hydrogen-bond donors (Lipinski definition) is 1. The van der Waals surface area contributed by atoms with Gasteiger partial charge in [0, 0.05) is 37.5 Å². The van der Waals surface area contributed by atoms with Crippen molar-refractivity contribution in [1.29, 1.82) is 0 Å². The standard InChI is InChI=1S/C35H38F3N7O5/c1-3-48-31(46)27-20-34(22-44(27)33(47)49-21-24-9-5-4-6-10-24)14-17-43(18-15-34)28-19-29(41-32(39)40-28)50-30(35(36,37)38)25-11-7-8-12-26(25)45-16-13-23(2)42-45/h4-13,16,19,27,30H,3,14-15,17-18,20-22H2,1-2H3,(H2,39,40,41)/t27-,30+/m0/s1. The first-order chi connectivity index (χ1) is 23.9. The van der Waals surface area contributed by atoms with E-state index in [1.807, 2.05) is 35.2 Å². The van der Waals surface area contributed by atoms with E-state index in [9.17, 15) is 22.8 Å². The number of rotatable bonds is 9. The van der Waals surface area contributed by atoms with E-state index in [1.165, 1.54) is 33.8 Å². The Balaban J connectivity index is 1.18. The van der Waals surface area contributed by atoms with Gasteiger partial charge in [0.1, 0.15) is 18.5 Å². The van der Waals surface area contributed by atoms with Gasteiger partial charge in [-0.1, -0.05) is 48.5 Å². The molecule has 2 aromatic carbocycles. The first-order valence-electron chi connectivity index (χ1n) is 16.3. The molecule has 0 bridgehead atoms. The number of aryl methyl sites for hydroxylation is 1. The lowest BCUT2D eigenvalue weighted by molar-refractivity contribution is -0.198. The second-order valence-electron chi connectivity index (χ2n) is 12.5. The van der Waals surface area contributed by atoms with Gasteiger partial charge in [-0.2, -0.15) is 28.2 Å². The summed E-state index contributed by atoms with van der Waals surface area (Å²) in [6.07, 6.45) is -4.68. The number of para-hydroxylation sites is 1. The fraction of sp³-hybridized carbons (Fsp3) is 0.400. The number of aromatic nitrogens is 4. The molecule has 1 spiro atoms. The Bertz CT molecular complexity index is 1810. The number of amides is 1. The first-order valence-corrected chi connectivity index (χ1v) is 16.3. The molecule has 264 valence electrons. The smallest absolute Gasteiger partial charge is 0.429 e. The van der Waals surface area contributed by atoms with E-state index < -0.39 is 35.8 Å². The van der Waals surface area contributed by atoms with Crippen LogP contribution in [0.5, 0.6) is 5.88 Å². The lowest BCUT2D eigenvalue weighted by atomic mass is 9.76. The molecule has 4 aromatic rings. The summed E-state index contributed by atoms with van der Waals surface area (Å²) in [5.41, 5.74) is 7.12. The highest BCUT2D eigenvalue weighted by Gasteiger charge is 2.51. The fourth-order valence-corrected chi connectivity index (χ4v) is 6.62. The molecule has 50 heavy (non-hydrogen) atoms. The topological polar surface area (TPSA) is 138 Å². The number of carbonyl (C=O) groups excluding carboxylic acids is 2. The van der Waals surface area contributed by atoms with Crippen molar-refractivity contribution in [3.05, 3.63) is 89.7 Å². The Hall–Kier alpha value is -5.34. The molecule has 2 aliphatic rings. The molecule has 15 heteroatoms. The van der Waals surface area contributed by atoms with Crippen LogP contribution in [0.3, 0.4) is 0 Å². The van der Waals surface area contributed by atoms with E-state index in [0.29, 0.717) is 50.4 Å². The van der Waals surface area contributed by atoms with E-state index in [2.05, 4.69) is 15.1 Å². The zero-order chi connectivity index (χ0) is 35.5. The maximum atomic E-state index is 14.6. The van der Waals surface area contributed by atoms with Crippen LogP contribution in [0.4, 0.5) is 29.7 Å². The number of anilines is 2. The molecule has 0 radical (unpaired) electrons. The van der Waals surface area contributed by atoms with Gasteiger partial charge in [-0.25, -0.2) is 14.3 Å². The largest absolute Gasteiger partial charge is 0.464 e. The summed E-state index contributed by atoms with van der Waals surface area (Å²) in [5.74, 6) is -0.766. The van der Waals surface area contributed by atoms with Gasteiger partial charge < -0.3 is 24.8 Å². The molecule has 2 atom stereocenters. The van der Waals surface area contributed by atoms with Crippen LogP contribution in [0.1, 0.15) is 49.1 Å². The van der Waals surface area contributed by atoms with Crippen molar-refractivity contribution in [2.75, 3.05) is 36.9 Å². The van der Waals surface area contributed by atoms with Crippen LogP contribution in [0.2, 0.25) is 0 Å². The summed E-state index contributed by atoms with van der Waals surface area (Å²) < 4.78 is 61.5. The molecule has 2 fully saturated rings. The molecular formula is C35H38F3N7O5. The van der Waals surface area contributed by atoms with Crippen LogP contribution in [0.25, 0.3) is 5.69 Å². The third-order valence-electron chi connectivity index (χ3n) is 9.09. The number of ether oxygens (including phenoxy) is 3. The number of esters is 1. The lowest BCUT2D eigenvalue weighted by Crippen LogP contribution is -2.43. The summed E-state index contributed by atoms with van der Waals surface area (Å²) in [7, 11) is 0. The highest BCUT2D eigenvalue weighted by molar-refractivity contribution is 5.82. The Labute approximate surface area is 286 Å². The summed E-state index contributed by atoms with van der Waals surface area (Å²) in [6, 6.07) is 17.5. The first kappa shape index (κ1) is 34.5. The van der Waals surface area contributed by atoms with Crippen LogP contribution >= 0.6 is 0 Å². The summed E-state index contributed by atoms with van der Waals surface area (Å²) in [4.78, 5) is 37.8.